The monoisotopic (exact) mass is 355 g/mol. The van der Waals surface area contributed by atoms with E-state index in [4.69, 9.17) is 4.98 Å². The van der Waals surface area contributed by atoms with Crippen molar-refractivity contribution in [2.75, 3.05) is 0 Å². The first kappa shape index (κ1) is 15.9. The van der Waals surface area contributed by atoms with Gasteiger partial charge in [0.25, 0.3) is 0 Å². The van der Waals surface area contributed by atoms with Gasteiger partial charge in [-0.25, -0.2) is 4.98 Å². The molecule has 0 unspecified atom stereocenters. The maximum absolute atomic E-state index is 12.0. The summed E-state index contributed by atoms with van der Waals surface area (Å²) in [6.45, 7) is 0. The molecule has 2 aliphatic rings. The molecule has 134 valence electrons. The van der Waals surface area contributed by atoms with Crippen molar-refractivity contribution in [3.63, 3.8) is 0 Å². The van der Waals surface area contributed by atoms with Gasteiger partial charge in [0, 0.05) is 36.9 Å². The van der Waals surface area contributed by atoms with Crippen LogP contribution in [0.15, 0.2) is 61.0 Å². The summed E-state index contributed by atoms with van der Waals surface area (Å²) >= 11 is 0. The average Bonchev–Trinajstić information content (AvgIpc) is 3.33. The summed E-state index contributed by atoms with van der Waals surface area (Å²) in [6.07, 6.45) is 13.4. The molecule has 27 heavy (non-hydrogen) atoms. The van der Waals surface area contributed by atoms with Gasteiger partial charge in [-0.05, 0) is 48.6 Å². The number of nitrogens with one attached hydrogen (secondary N) is 1. The summed E-state index contributed by atoms with van der Waals surface area (Å²) in [5.41, 5.74) is 7.23. The first-order valence-electron chi connectivity index (χ1n) is 9.31. The van der Waals surface area contributed by atoms with Gasteiger partial charge in [0.1, 0.15) is 5.82 Å². The lowest BCUT2D eigenvalue weighted by Gasteiger charge is -2.05. The molecule has 0 amide bonds. The highest BCUT2D eigenvalue weighted by atomic mass is 16.1. The van der Waals surface area contributed by atoms with Crippen molar-refractivity contribution in [3.05, 3.63) is 77.9 Å². The number of carbonyl (C=O) groups is 1. The lowest BCUT2D eigenvalue weighted by molar-refractivity contribution is 0.0994. The van der Waals surface area contributed by atoms with Gasteiger partial charge in [-0.2, -0.15) is 0 Å². The molecule has 4 heteroatoms. The normalized spacial score (nSPS) is 15.7. The molecule has 2 aliphatic carbocycles. The fraction of sp³-hybridized carbons (Fsp3) is 0.174. The number of Topliss-reactive ketones (excluding diaryl/α,β-unsaturated/α-hetero) is 1. The number of aromatic nitrogens is 3. The summed E-state index contributed by atoms with van der Waals surface area (Å²) in [5, 5.41) is 0. The van der Waals surface area contributed by atoms with Gasteiger partial charge in [0.15, 0.2) is 5.78 Å². The topological polar surface area (TPSA) is 58.6 Å². The molecule has 4 nitrogen and oxygen atoms in total. The first-order valence-corrected chi connectivity index (χ1v) is 9.31. The number of allylic oxidation sites excluding steroid dienone is 4. The standard InChI is InChI=1S/C23H19N3O.H2/c27-20-9-7-17-14-18(6-8-19(17)20)22-21(15-10-12-24-13-11-15)25-23(26-22)16-4-2-1-3-5-16;/h1-2,5-6,8,10-14H,3-4,7,9H2,(H,25,26);1H. The van der Waals surface area contributed by atoms with E-state index < -0.39 is 0 Å². The van der Waals surface area contributed by atoms with Crippen molar-refractivity contribution in [1.29, 1.82) is 0 Å². The van der Waals surface area contributed by atoms with E-state index in [1.165, 1.54) is 5.57 Å². The van der Waals surface area contributed by atoms with Crippen molar-refractivity contribution >= 4 is 11.4 Å². The van der Waals surface area contributed by atoms with Crippen LogP contribution in [0.2, 0.25) is 0 Å². The van der Waals surface area contributed by atoms with E-state index in [0.717, 1.165) is 58.7 Å². The van der Waals surface area contributed by atoms with E-state index in [1.807, 2.05) is 24.3 Å². The van der Waals surface area contributed by atoms with E-state index >= 15 is 0 Å². The molecular formula is C23H21N3O. The van der Waals surface area contributed by atoms with Gasteiger partial charge in [-0.1, -0.05) is 30.4 Å². The SMILES string of the molecule is O=C1CCc2cc(-c3nc(C4=CCC=CC4)[nH]c3-c3ccncc3)ccc21.[HH]. The van der Waals surface area contributed by atoms with E-state index in [0.29, 0.717) is 6.42 Å². The Bertz CT molecular complexity index is 1100. The summed E-state index contributed by atoms with van der Waals surface area (Å²) in [7, 11) is 0. The summed E-state index contributed by atoms with van der Waals surface area (Å²) < 4.78 is 0. The third-order valence-electron chi connectivity index (χ3n) is 5.28. The largest absolute Gasteiger partial charge is 0.338 e. The van der Waals surface area contributed by atoms with Crippen LogP contribution >= 0.6 is 0 Å². The Morgan fingerprint density at radius 3 is 2.70 bits per heavy atom. The Hall–Kier alpha value is -3.27. The summed E-state index contributed by atoms with van der Waals surface area (Å²) in [5.74, 6) is 1.16. The number of H-pyrrole nitrogens is 1. The molecule has 5 rings (SSSR count). The van der Waals surface area contributed by atoms with Gasteiger partial charge in [0.2, 0.25) is 0 Å². The number of rotatable bonds is 3. The number of ketones is 1. The number of hydrogen-bond donors (Lipinski definition) is 1. The summed E-state index contributed by atoms with van der Waals surface area (Å²) in [4.78, 5) is 24.6. The molecule has 1 N–H and O–H groups in total. The van der Waals surface area contributed by atoms with Crippen LogP contribution < -0.4 is 0 Å². The van der Waals surface area contributed by atoms with Crippen molar-refractivity contribution in [3.8, 4) is 22.5 Å². The number of fused-ring (bicyclic) bond motifs is 1. The highest BCUT2D eigenvalue weighted by molar-refractivity contribution is 6.01. The van der Waals surface area contributed by atoms with E-state index in [2.05, 4.69) is 34.3 Å². The molecule has 1 aromatic carbocycles. The quantitative estimate of drug-likeness (QED) is 0.653. The lowest BCUT2D eigenvalue weighted by atomic mass is 10.0. The Labute approximate surface area is 159 Å². The summed E-state index contributed by atoms with van der Waals surface area (Å²) in [6, 6.07) is 10.1. The van der Waals surface area contributed by atoms with E-state index in [-0.39, 0.29) is 7.21 Å². The molecule has 0 spiro atoms. The van der Waals surface area contributed by atoms with Crippen LogP contribution in [0.4, 0.5) is 0 Å². The number of aryl methyl sites for hydroxylation is 1. The number of nitrogens with zero attached hydrogens (tertiary/aromatic N) is 2. The molecule has 0 fully saturated rings. The zero-order valence-electron chi connectivity index (χ0n) is 14.9. The van der Waals surface area contributed by atoms with Crippen molar-refractivity contribution in [1.82, 2.24) is 15.0 Å². The second kappa shape index (κ2) is 6.47. The fourth-order valence-electron chi connectivity index (χ4n) is 3.86. The van der Waals surface area contributed by atoms with Crippen LogP contribution in [0, 0.1) is 0 Å². The van der Waals surface area contributed by atoms with Crippen LogP contribution in [0.25, 0.3) is 28.1 Å². The third-order valence-corrected chi connectivity index (χ3v) is 5.28. The van der Waals surface area contributed by atoms with Gasteiger partial charge >= 0.3 is 0 Å². The second-order valence-electron chi connectivity index (χ2n) is 6.98. The highest BCUT2D eigenvalue weighted by Gasteiger charge is 2.22. The van der Waals surface area contributed by atoms with Crippen LogP contribution in [0.5, 0.6) is 0 Å². The molecule has 0 saturated heterocycles. The maximum atomic E-state index is 12.0. The van der Waals surface area contributed by atoms with Gasteiger partial charge < -0.3 is 4.98 Å². The molecular weight excluding hydrogens is 334 g/mol. The first-order chi connectivity index (χ1) is 13.3. The minimum absolute atomic E-state index is 0. The molecule has 2 heterocycles. The number of benzene rings is 1. The van der Waals surface area contributed by atoms with Gasteiger partial charge in [-0.3, -0.25) is 9.78 Å². The Kier molecular flexibility index (Phi) is 3.82. The average molecular weight is 355 g/mol. The number of carbonyl (C=O) groups excluding carboxylic acids is 1. The molecule has 3 aromatic rings. The Balaban J connectivity index is 0.00000192. The van der Waals surface area contributed by atoms with Crippen LogP contribution in [0.1, 0.15) is 42.4 Å². The Morgan fingerprint density at radius 1 is 1.00 bits per heavy atom. The number of pyridine rings is 1. The van der Waals surface area contributed by atoms with Crippen molar-refractivity contribution in [2.24, 2.45) is 0 Å². The molecule has 0 radical (unpaired) electrons. The minimum atomic E-state index is 0. The maximum Gasteiger partial charge on any atom is 0.163 e. The zero-order chi connectivity index (χ0) is 18.2. The Morgan fingerprint density at radius 2 is 1.89 bits per heavy atom. The predicted octanol–water partition coefficient (Wildman–Crippen LogP) is 5.25. The lowest BCUT2D eigenvalue weighted by Crippen LogP contribution is -1.92. The van der Waals surface area contributed by atoms with Gasteiger partial charge in [-0.15, -0.1) is 0 Å². The molecule has 0 atom stereocenters. The number of hydrogen-bond acceptors (Lipinski definition) is 3. The molecule has 0 aliphatic heterocycles. The molecule has 0 saturated carbocycles. The van der Waals surface area contributed by atoms with Crippen LogP contribution in [-0.4, -0.2) is 20.7 Å². The van der Waals surface area contributed by atoms with Crippen molar-refractivity contribution < 1.29 is 6.22 Å². The van der Waals surface area contributed by atoms with Gasteiger partial charge in [0.05, 0.1) is 11.4 Å². The predicted molar refractivity (Wildman–Crippen MR) is 108 cm³/mol. The van der Waals surface area contributed by atoms with E-state index in [9.17, 15) is 4.79 Å². The van der Waals surface area contributed by atoms with E-state index in [1.54, 1.807) is 12.4 Å². The molecule has 0 bridgehead atoms. The van der Waals surface area contributed by atoms with Crippen LogP contribution in [-0.2, 0) is 6.42 Å². The second-order valence-corrected chi connectivity index (χ2v) is 6.98. The number of aromatic amines is 1. The smallest absolute Gasteiger partial charge is 0.163 e. The third kappa shape index (κ3) is 2.83. The minimum Gasteiger partial charge on any atom is -0.338 e. The fourth-order valence-corrected chi connectivity index (χ4v) is 3.86. The highest BCUT2D eigenvalue weighted by Crippen LogP contribution is 2.35. The molecule has 2 aromatic heterocycles. The zero-order valence-corrected chi connectivity index (χ0v) is 14.9. The van der Waals surface area contributed by atoms with Crippen molar-refractivity contribution in [2.45, 2.75) is 25.7 Å². The number of imidazole rings is 1. The van der Waals surface area contributed by atoms with Crippen LogP contribution in [0.3, 0.4) is 0 Å².